The number of aromatic nitrogens is 1. The fourth-order valence-electron chi connectivity index (χ4n) is 2.51. The van der Waals surface area contributed by atoms with Crippen LogP contribution in [0.3, 0.4) is 0 Å². The van der Waals surface area contributed by atoms with Crippen LogP contribution in [-0.4, -0.2) is 54.1 Å². The molecule has 23 heavy (non-hydrogen) atoms. The topological polar surface area (TPSA) is 72.3 Å². The van der Waals surface area contributed by atoms with E-state index in [1.165, 1.54) is 0 Å². The molecule has 0 spiro atoms. The number of rotatable bonds is 5. The van der Waals surface area contributed by atoms with E-state index in [2.05, 4.69) is 26.2 Å². The maximum atomic E-state index is 12.2. The van der Waals surface area contributed by atoms with Crippen LogP contribution in [0.2, 0.25) is 0 Å². The lowest BCUT2D eigenvalue weighted by atomic mass is 9.90. The third-order valence-electron chi connectivity index (χ3n) is 4.50. The molecule has 0 bridgehead atoms. The average molecular weight is 315 g/mol. The zero-order chi connectivity index (χ0) is 16.9. The van der Waals surface area contributed by atoms with Crippen molar-refractivity contribution in [2.45, 2.75) is 26.3 Å². The van der Waals surface area contributed by atoms with Gasteiger partial charge in [-0.2, -0.15) is 5.26 Å². The maximum absolute atomic E-state index is 12.2. The van der Waals surface area contributed by atoms with E-state index in [0.29, 0.717) is 6.54 Å². The molecule has 1 aliphatic rings. The van der Waals surface area contributed by atoms with E-state index >= 15 is 0 Å². The summed E-state index contributed by atoms with van der Waals surface area (Å²) in [5.41, 5.74) is -0.813. The Balaban J connectivity index is 1.82. The monoisotopic (exact) mass is 315 g/mol. The molecule has 124 valence electrons. The van der Waals surface area contributed by atoms with Gasteiger partial charge in [0, 0.05) is 32.4 Å². The molecule has 0 saturated carbocycles. The van der Waals surface area contributed by atoms with Gasteiger partial charge in [0.15, 0.2) is 0 Å². The molecule has 0 radical (unpaired) electrons. The minimum Gasteiger partial charge on any atom is -0.354 e. The van der Waals surface area contributed by atoms with Gasteiger partial charge >= 0.3 is 0 Å². The summed E-state index contributed by atoms with van der Waals surface area (Å²) in [4.78, 5) is 20.9. The number of hydrogen-bond donors (Lipinski definition) is 1. The van der Waals surface area contributed by atoms with E-state index in [-0.39, 0.29) is 11.8 Å². The summed E-state index contributed by atoms with van der Waals surface area (Å²) in [5.74, 6) is 0.958. The molecular formula is C17H25N5O. The first-order valence-electron chi connectivity index (χ1n) is 8.05. The Kier molecular flexibility index (Phi) is 5.56. The molecule has 6 nitrogen and oxygen atoms in total. The van der Waals surface area contributed by atoms with Gasteiger partial charge in [0.1, 0.15) is 11.4 Å². The number of piperazine rings is 1. The van der Waals surface area contributed by atoms with Crippen LogP contribution in [0.4, 0.5) is 5.82 Å². The molecule has 1 aliphatic heterocycles. The molecule has 1 aromatic heterocycles. The van der Waals surface area contributed by atoms with Gasteiger partial charge in [-0.1, -0.05) is 19.9 Å². The van der Waals surface area contributed by atoms with E-state index in [9.17, 15) is 10.1 Å². The summed E-state index contributed by atoms with van der Waals surface area (Å²) in [6.07, 6.45) is 1.80. The first-order chi connectivity index (χ1) is 10.9. The molecular weight excluding hydrogens is 290 g/mol. The van der Waals surface area contributed by atoms with Crippen LogP contribution in [0, 0.1) is 17.2 Å². The molecule has 1 N–H and O–H groups in total. The largest absolute Gasteiger partial charge is 0.354 e. The molecule has 0 aliphatic carbocycles. The molecule has 1 saturated heterocycles. The quantitative estimate of drug-likeness (QED) is 0.885. The Morgan fingerprint density at radius 1 is 1.39 bits per heavy atom. The highest BCUT2D eigenvalue weighted by Crippen LogP contribution is 2.15. The predicted molar refractivity (Wildman–Crippen MR) is 89.9 cm³/mol. The number of nitriles is 1. The molecule has 0 unspecified atom stereocenters. The molecule has 1 fully saturated rings. The summed E-state index contributed by atoms with van der Waals surface area (Å²) in [6.45, 7) is 9.32. The number of nitrogens with one attached hydrogen (secondary N) is 1. The van der Waals surface area contributed by atoms with Crippen molar-refractivity contribution in [3.63, 3.8) is 0 Å². The first-order valence-corrected chi connectivity index (χ1v) is 8.05. The lowest BCUT2D eigenvalue weighted by Gasteiger charge is -2.35. The summed E-state index contributed by atoms with van der Waals surface area (Å²) in [6, 6.07) is 8.10. The fraction of sp³-hybridized carbons (Fsp3) is 0.588. The number of nitrogens with zero attached hydrogens (tertiary/aromatic N) is 4. The normalized spacial score (nSPS) is 18.3. The number of pyridine rings is 1. The number of amides is 1. The second kappa shape index (κ2) is 7.42. The second-order valence-electron chi connectivity index (χ2n) is 6.47. The van der Waals surface area contributed by atoms with E-state index in [1.807, 2.05) is 32.0 Å². The lowest BCUT2D eigenvalue weighted by Crippen LogP contribution is -2.54. The van der Waals surface area contributed by atoms with Crippen LogP contribution < -0.4 is 10.2 Å². The molecule has 1 aromatic rings. The molecule has 2 rings (SSSR count). The minimum absolute atomic E-state index is 0.0671. The summed E-state index contributed by atoms with van der Waals surface area (Å²) < 4.78 is 0. The van der Waals surface area contributed by atoms with Crippen LogP contribution in [0.5, 0.6) is 0 Å². The Morgan fingerprint density at radius 2 is 2.09 bits per heavy atom. The zero-order valence-electron chi connectivity index (χ0n) is 14.1. The van der Waals surface area contributed by atoms with Crippen molar-refractivity contribution >= 4 is 11.7 Å². The highest BCUT2D eigenvalue weighted by Gasteiger charge is 2.30. The van der Waals surface area contributed by atoms with E-state index in [0.717, 1.165) is 32.0 Å². The van der Waals surface area contributed by atoms with E-state index in [4.69, 9.17) is 0 Å². The van der Waals surface area contributed by atoms with Crippen molar-refractivity contribution in [2.75, 3.05) is 37.6 Å². The number of hydrogen-bond acceptors (Lipinski definition) is 5. The van der Waals surface area contributed by atoms with Crippen molar-refractivity contribution in [3.8, 4) is 6.07 Å². The van der Waals surface area contributed by atoms with Gasteiger partial charge in [0.2, 0.25) is 5.91 Å². The molecule has 0 aromatic carbocycles. The number of anilines is 1. The summed E-state index contributed by atoms with van der Waals surface area (Å²) in [7, 11) is 0. The van der Waals surface area contributed by atoms with Crippen molar-refractivity contribution in [1.29, 1.82) is 5.26 Å². The van der Waals surface area contributed by atoms with Crippen molar-refractivity contribution < 1.29 is 4.79 Å². The Morgan fingerprint density at radius 3 is 2.61 bits per heavy atom. The van der Waals surface area contributed by atoms with Crippen molar-refractivity contribution in [1.82, 2.24) is 15.2 Å². The van der Waals surface area contributed by atoms with Crippen LogP contribution in [-0.2, 0) is 4.79 Å². The smallest absolute Gasteiger partial charge is 0.235 e. The SMILES string of the molecule is CC(C)[C@](C)(C#N)NC(=O)CN1CCN(c2ccccn2)CC1. The maximum Gasteiger partial charge on any atom is 0.235 e. The zero-order valence-corrected chi connectivity index (χ0v) is 14.1. The fourth-order valence-corrected chi connectivity index (χ4v) is 2.51. The van der Waals surface area contributed by atoms with Gasteiger partial charge in [0.05, 0.1) is 12.6 Å². The van der Waals surface area contributed by atoms with E-state index in [1.54, 1.807) is 13.1 Å². The number of carbonyl (C=O) groups is 1. The van der Waals surface area contributed by atoms with Gasteiger partial charge in [-0.15, -0.1) is 0 Å². The van der Waals surface area contributed by atoms with Gasteiger partial charge in [-0.25, -0.2) is 4.98 Å². The lowest BCUT2D eigenvalue weighted by molar-refractivity contribution is -0.124. The molecule has 6 heteroatoms. The van der Waals surface area contributed by atoms with Gasteiger partial charge < -0.3 is 10.2 Å². The summed E-state index contributed by atoms with van der Waals surface area (Å²) in [5, 5.41) is 12.1. The van der Waals surface area contributed by atoms with Crippen LogP contribution in [0.25, 0.3) is 0 Å². The molecule has 2 heterocycles. The molecule has 1 amide bonds. The van der Waals surface area contributed by atoms with Crippen molar-refractivity contribution in [3.05, 3.63) is 24.4 Å². The van der Waals surface area contributed by atoms with Crippen LogP contribution in [0.15, 0.2) is 24.4 Å². The average Bonchev–Trinajstić information content (AvgIpc) is 2.56. The minimum atomic E-state index is -0.813. The second-order valence-corrected chi connectivity index (χ2v) is 6.47. The first kappa shape index (κ1) is 17.2. The third-order valence-corrected chi connectivity index (χ3v) is 4.50. The van der Waals surface area contributed by atoms with E-state index < -0.39 is 5.54 Å². The number of carbonyl (C=O) groups excluding carboxylic acids is 1. The summed E-state index contributed by atoms with van der Waals surface area (Å²) >= 11 is 0. The van der Waals surface area contributed by atoms with Gasteiger partial charge in [0.25, 0.3) is 0 Å². The Hall–Kier alpha value is -2.13. The highest BCUT2D eigenvalue weighted by atomic mass is 16.2. The van der Waals surface area contributed by atoms with Crippen molar-refractivity contribution in [2.24, 2.45) is 5.92 Å². The highest BCUT2D eigenvalue weighted by molar-refractivity contribution is 5.79. The predicted octanol–water partition coefficient (Wildman–Crippen LogP) is 1.26. The van der Waals surface area contributed by atoms with Crippen LogP contribution >= 0.6 is 0 Å². The Bertz CT molecular complexity index is 560. The van der Waals surface area contributed by atoms with Gasteiger partial charge in [-0.3, -0.25) is 9.69 Å². The molecule has 1 atom stereocenters. The van der Waals surface area contributed by atoms with Crippen LogP contribution in [0.1, 0.15) is 20.8 Å². The van der Waals surface area contributed by atoms with Gasteiger partial charge in [-0.05, 0) is 25.0 Å². The third kappa shape index (κ3) is 4.42. The Labute approximate surface area is 138 Å². The standard InChI is InChI=1S/C17H25N5O/c1-14(2)17(3,13-18)20-16(23)12-21-8-10-22(11-9-21)15-6-4-5-7-19-15/h4-7,14H,8-12H2,1-3H3,(H,20,23)/t17-/m0/s1.